The summed E-state index contributed by atoms with van der Waals surface area (Å²) in [6, 6.07) is 12.6. The normalized spacial score (nSPS) is 16.5. The number of rotatable bonds is 6. The largest absolute Gasteiger partial charge is 0.463 e. The number of carbonyl (C=O) groups excluding carboxylic acids is 2. The van der Waals surface area contributed by atoms with Crippen molar-refractivity contribution in [2.45, 2.75) is 31.7 Å². The highest BCUT2D eigenvalue weighted by atomic mass is 35.5. The molecule has 2 heterocycles. The molecular formula is C20H21ClN2O3. The summed E-state index contributed by atoms with van der Waals surface area (Å²) in [5, 5.41) is 0.595. The molecular weight excluding hydrogens is 352 g/mol. The molecule has 1 aromatic heterocycles. The topological polar surface area (TPSA) is 59.5 Å². The molecule has 6 heteroatoms. The van der Waals surface area contributed by atoms with Crippen LogP contribution >= 0.6 is 11.6 Å². The molecule has 1 saturated heterocycles. The maximum atomic E-state index is 12.5. The molecule has 0 bridgehead atoms. The lowest BCUT2D eigenvalue weighted by molar-refractivity contribution is -0.146. The number of halogens is 1. The van der Waals surface area contributed by atoms with Crippen LogP contribution in [0.1, 0.15) is 24.1 Å². The van der Waals surface area contributed by atoms with Crippen molar-refractivity contribution in [2.75, 3.05) is 13.2 Å². The summed E-state index contributed by atoms with van der Waals surface area (Å²) in [6.07, 6.45) is 3.90. The number of hydrogen-bond donors (Lipinski definition) is 0. The van der Waals surface area contributed by atoms with E-state index in [0.717, 1.165) is 24.1 Å². The minimum atomic E-state index is -0.309. The molecule has 136 valence electrons. The van der Waals surface area contributed by atoms with E-state index in [9.17, 15) is 9.59 Å². The van der Waals surface area contributed by atoms with Gasteiger partial charge in [-0.05, 0) is 42.7 Å². The Morgan fingerprint density at radius 3 is 2.85 bits per heavy atom. The summed E-state index contributed by atoms with van der Waals surface area (Å²) < 4.78 is 5.41. The van der Waals surface area contributed by atoms with Crippen LogP contribution in [-0.2, 0) is 27.2 Å². The molecule has 1 aliphatic heterocycles. The number of ether oxygens (including phenoxy) is 1. The van der Waals surface area contributed by atoms with Gasteiger partial charge in [0.1, 0.15) is 6.61 Å². The van der Waals surface area contributed by atoms with Crippen LogP contribution in [0.3, 0.4) is 0 Å². The maximum Gasteiger partial charge on any atom is 0.310 e. The van der Waals surface area contributed by atoms with Crippen LogP contribution in [0.4, 0.5) is 0 Å². The van der Waals surface area contributed by atoms with E-state index >= 15 is 0 Å². The highest BCUT2D eigenvalue weighted by Crippen LogP contribution is 2.19. The molecule has 0 N–H and O–H groups in total. The van der Waals surface area contributed by atoms with E-state index < -0.39 is 0 Å². The molecule has 3 rings (SSSR count). The summed E-state index contributed by atoms with van der Waals surface area (Å²) in [5.41, 5.74) is 1.57. The Labute approximate surface area is 157 Å². The summed E-state index contributed by atoms with van der Waals surface area (Å²) in [6.45, 7) is 0.926. The van der Waals surface area contributed by atoms with Crippen LogP contribution in [0.15, 0.2) is 48.7 Å². The van der Waals surface area contributed by atoms with Crippen LogP contribution in [0.25, 0.3) is 0 Å². The molecule has 0 saturated carbocycles. The number of aromatic nitrogens is 1. The fraction of sp³-hybridized carbons (Fsp3) is 0.350. The van der Waals surface area contributed by atoms with E-state index in [2.05, 4.69) is 4.98 Å². The third-order valence-electron chi connectivity index (χ3n) is 4.43. The van der Waals surface area contributed by atoms with E-state index in [-0.39, 0.29) is 37.4 Å². The Hall–Kier alpha value is -2.40. The van der Waals surface area contributed by atoms with Crippen molar-refractivity contribution in [3.63, 3.8) is 0 Å². The molecule has 1 fully saturated rings. The molecule has 1 amide bonds. The van der Waals surface area contributed by atoms with Gasteiger partial charge in [-0.3, -0.25) is 14.6 Å². The van der Waals surface area contributed by atoms with Crippen molar-refractivity contribution in [3.8, 4) is 0 Å². The second-order valence-corrected chi connectivity index (χ2v) is 6.81. The van der Waals surface area contributed by atoms with Gasteiger partial charge in [-0.2, -0.15) is 0 Å². The standard InChI is InChI=1S/C20H21ClN2O3/c21-16-6-3-5-15(11-16)12-20(25)26-14-18-8-4-10-23(18)19(24)13-17-7-1-2-9-22-17/h1-3,5-7,9,11,18H,4,8,10,12-14H2/t18-/m0/s1. The third-order valence-corrected chi connectivity index (χ3v) is 4.67. The third kappa shape index (κ3) is 5.05. The molecule has 1 aliphatic rings. The van der Waals surface area contributed by atoms with Crippen molar-refractivity contribution >= 4 is 23.5 Å². The van der Waals surface area contributed by atoms with Crippen LogP contribution in [-0.4, -0.2) is 41.0 Å². The summed E-state index contributed by atoms with van der Waals surface area (Å²) >= 11 is 5.93. The van der Waals surface area contributed by atoms with E-state index in [0.29, 0.717) is 11.6 Å². The van der Waals surface area contributed by atoms with E-state index in [1.54, 1.807) is 29.3 Å². The Morgan fingerprint density at radius 1 is 1.19 bits per heavy atom. The van der Waals surface area contributed by atoms with Gasteiger partial charge in [0.25, 0.3) is 0 Å². The smallest absolute Gasteiger partial charge is 0.310 e. The first-order valence-corrected chi connectivity index (χ1v) is 9.09. The highest BCUT2D eigenvalue weighted by molar-refractivity contribution is 6.30. The van der Waals surface area contributed by atoms with Crippen molar-refractivity contribution in [1.82, 2.24) is 9.88 Å². The summed E-state index contributed by atoms with van der Waals surface area (Å²) in [5.74, 6) is -0.284. The number of benzene rings is 1. The van der Waals surface area contributed by atoms with Gasteiger partial charge >= 0.3 is 5.97 Å². The first-order chi connectivity index (χ1) is 12.6. The quantitative estimate of drug-likeness (QED) is 0.731. The van der Waals surface area contributed by atoms with Gasteiger partial charge in [-0.25, -0.2) is 0 Å². The molecule has 2 aromatic rings. The summed E-state index contributed by atoms with van der Waals surface area (Å²) in [4.78, 5) is 30.6. The van der Waals surface area contributed by atoms with Gasteiger partial charge in [-0.1, -0.05) is 29.8 Å². The van der Waals surface area contributed by atoms with E-state index in [1.807, 2.05) is 24.3 Å². The van der Waals surface area contributed by atoms with Crippen molar-refractivity contribution in [1.29, 1.82) is 0 Å². The van der Waals surface area contributed by atoms with Crippen LogP contribution in [0.5, 0.6) is 0 Å². The van der Waals surface area contributed by atoms with E-state index in [4.69, 9.17) is 16.3 Å². The molecule has 1 atom stereocenters. The molecule has 26 heavy (non-hydrogen) atoms. The van der Waals surface area contributed by atoms with Gasteiger partial charge in [0.15, 0.2) is 0 Å². The Balaban J connectivity index is 1.50. The lowest BCUT2D eigenvalue weighted by Crippen LogP contribution is -2.39. The van der Waals surface area contributed by atoms with Crippen molar-refractivity contribution in [2.24, 2.45) is 0 Å². The zero-order chi connectivity index (χ0) is 18.4. The molecule has 0 radical (unpaired) electrons. The average Bonchev–Trinajstić information content (AvgIpc) is 3.09. The van der Waals surface area contributed by atoms with Gasteiger partial charge < -0.3 is 9.64 Å². The lowest BCUT2D eigenvalue weighted by atomic mass is 10.1. The summed E-state index contributed by atoms with van der Waals surface area (Å²) in [7, 11) is 0. The number of nitrogens with zero attached hydrogens (tertiary/aromatic N) is 2. The molecule has 0 spiro atoms. The number of pyridine rings is 1. The van der Waals surface area contributed by atoms with Gasteiger partial charge in [0.05, 0.1) is 18.9 Å². The highest BCUT2D eigenvalue weighted by Gasteiger charge is 2.29. The zero-order valence-corrected chi connectivity index (χ0v) is 15.2. The number of amides is 1. The Bertz CT molecular complexity index is 767. The average molecular weight is 373 g/mol. The number of hydrogen-bond acceptors (Lipinski definition) is 4. The monoisotopic (exact) mass is 372 g/mol. The number of esters is 1. The second-order valence-electron chi connectivity index (χ2n) is 6.37. The number of carbonyl (C=O) groups is 2. The molecule has 0 aliphatic carbocycles. The minimum Gasteiger partial charge on any atom is -0.463 e. The first-order valence-electron chi connectivity index (χ1n) is 8.71. The fourth-order valence-corrected chi connectivity index (χ4v) is 3.36. The SMILES string of the molecule is O=C(Cc1cccc(Cl)c1)OC[C@@H]1CCCN1C(=O)Cc1ccccn1. The van der Waals surface area contributed by atoms with Crippen LogP contribution in [0, 0.1) is 0 Å². The predicted octanol–water partition coefficient (Wildman–Crippen LogP) is 3.05. The number of likely N-dealkylation sites (tertiary alicyclic amines) is 1. The maximum absolute atomic E-state index is 12.5. The van der Waals surface area contributed by atoms with Crippen LogP contribution < -0.4 is 0 Å². The van der Waals surface area contributed by atoms with Crippen molar-refractivity contribution < 1.29 is 14.3 Å². The van der Waals surface area contributed by atoms with Gasteiger partial charge in [0, 0.05) is 23.5 Å². The predicted molar refractivity (Wildman–Crippen MR) is 98.8 cm³/mol. The van der Waals surface area contributed by atoms with Crippen LogP contribution in [0.2, 0.25) is 5.02 Å². The fourth-order valence-electron chi connectivity index (χ4n) is 3.15. The molecule has 5 nitrogen and oxygen atoms in total. The second kappa shape index (κ2) is 8.81. The van der Waals surface area contributed by atoms with Crippen molar-refractivity contribution in [3.05, 3.63) is 64.9 Å². The first kappa shape index (κ1) is 18.4. The Morgan fingerprint density at radius 2 is 2.08 bits per heavy atom. The van der Waals surface area contributed by atoms with E-state index in [1.165, 1.54) is 0 Å². The minimum absolute atomic E-state index is 0.0251. The zero-order valence-electron chi connectivity index (χ0n) is 14.4. The molecule has 1 aromatic carbocycles. The molecule has 0 unspecified atom stereocenters. The van der Waals surface area contributed by atoms with Gasteiger partial charge in [-0.15, -0.1) is 0 Å². The van der Waals surface area contributed by atoms with Gasteiger partial charge in [0.2, 0.25) is 5.91 Å². The Kier molecular flexibility index (Phi) is 6.23. The lowest BCUT2D eigenvalue weighted by Gasteiger charge is -2.24.